The van der Waals surface area contributed by atoms with Crippen LogP contribution in [0.15, 0.2) is 29.2 Å². The van der Waals surface area contributed by atoms with Crippen LogP contribution in [0, 0.1) is 0 Å². The molecule has 1 saturated heterocycles. The first-order valence-electron chi connectivity index (χ1n) is 7.36. The van der Waals surface area contributed by atoms with Crippen LogP contribution in [0.4, 0.5) is 0 Å². The van der Waals surface area contributed by atoms with Gasteiger partial charge < -0.3 is 4.74 Å². The second-order valence-corrected chi connectivity index (χ2v) is 9.51. The molecule has 0 N–H and O–H groups in total. The zero-order chi connectivity index (χ0) is 15.3. The highest BCUT2D eigenvalue weighted by atomic mass is 32.2. The van der Waals surface area contributed by atoms with Gasteiger partial charge in [0, 0.05) is 10.9 Å². The van der Waals surface area contributed by atoms with Crippen LogP contribution in [0.2, 0.25) is 0 Å². The van der Waals surface area contributed by atoms with Gasteiger partial charge in [-0.1, -0.05) is 13.3 Å². The minimum atomic E-state index is -3.04. The summed E-state index contributed by atoms with van der Waals surface area (Å²) in [6.45, 7) is 3.33. The summed E-state index contributed by atoms with van der Waals surface area (Å²) in [6.07, 6.45) is 1.67. The van der Waals surface area contributed by atoms with Crippen molar-refractivity contribution in [1.29, 1.82) is 0 Å². The Kier molecular flexibility index (Phi) is 5.96. The number of nitrogens with zero attached hydrogens (tertiary/aromatic N) is 1. The fourth-order valence-corrected chi connectivity index (χ4v) is 6.34. The molecule has 6 heteroatoms. The molecule has 0 spiro atoms. The lowest BCUT2D eigenvalue weighted by atomic mass is 10.3. The summed E-state index contributed by atoms with van der Waals surface area (Å²) in [5.41, 5.74) is 0. The molecule has 0 saturated carbocycles. The highest BCUT2D eigenvalue weighted by Gasteiger charge is 2.33. The summed E-state index contributed by atoms with van der Waals surface area (Å²) in [5, 5.41) is 0. The maximum absolute atomic E-state index is 12.2. The molecule has 1 aromatic rings. The van der Waals surface area contributed by atoms with Gasteiger partial charge in [0.2, 0.25) is 10.0 Å². The predicted molar refractivity (Wildman–Crippen MR) is 88.6 cm³/mol. The number of rotatable bonds is 6. The van der Waals surface area contributed by atoms with Gasteiger partial charge in [0.05, 0.1) is 26.0 Å². The van der Waals surface area contributed by atoms with Gasteiger partial charge in [0.25, 0.3) is 0 Å². The molecule has 0 aliphatic carbocycles. The lowest BCUT2D eigenvalue weighted by Crippen LogP contribution is -2.44. The second-order valence-electron chi connectivity index (χ2n) is 5.15. The Morgan fingerprint density at radius 1 is 1.19 bits per heavy atom. The quantitative estimate of drug-likeness (QED) is 0.751. The van der Waals surface area contributed by atoms with Gasteiger partial charge in [0.15, 0.2) is 4.90 Å². The Morgan fingerprint density at radius 3 is 2.33 bits per heavy atom. The van der Waals surface area contributed by atoms with E-state index in [1.165, 1.54) is 4.90 Å². The zero-order valence-corrected chi connectivity index (χ0v) is 14.4. The number of ether oxygens (including phenoxy) is 1. The van der Waals surface area contributed by atoms with Crippen molar-refractivity contribution in [3.63, 3.8) is 0 Å². The molecule has 2 rings (SSSR count). The maximum Gasteiger partial charge on any atom is 0.214 e. The third kappa shape index (κ3) is 4.37. The fraction of sp³-hybridized carbons (Fsp3) is 0.600. The van der Waals surface area contributed by atoms with Crippen molar-refractivity contribution in [3.05, 3.63) is 24.3 Å². The lowest BCUT2D eigenvalue weighted by molar-refractivity contribution is 0.414. The van der Waals surface area contributed by atoms with E-state index in [1.807, 2.05) is 19.1 Å². The molecule has 0 bridgehead atoms. The summed E-state index contributed by atoms with van der Waals surface area (Å²) >= 11 is 0. The van der Waals surface area contributed by atoms with Crippen LogP contribution in [0.3, 0.4) is 0 Å². The van der Waals surface area contributed by atoms with Gasteiger partial charge >= 0.3 is 0 Å². The van der Waals surface area contributed by atoms with Crippen molar-refractivity contribution in [2.24, 2.45) is 0 Å². The smallest absolute Gasteiger partial charge is 0.214 e. The summed E-state index contributed by atoms with van der Waals surface area (Å²) in [4.78, 5) is 1.31. The maximum atomic E-state index is 12.2. The van der Waals surface area contributed by atoms with Crippen molar-refractivity contribution in [3.8, 4) is 5.75 Å². The largest absolute Gasteiger partial charge is 0.497 e. The van der Waals surface area contributed by atoms with E-state index in [9.17, 15) is 8.42 Å². The molecule has 4 nitrogen and oxygen atoms in total. The first kappa shape index (κ1) is 16.6. The molecule has 1 aliphatic rings. The number of sulfonamides is 1. The number of hydrogen-bond acceptors (Lipinski definition) is 3. The normalized spacial score (nSPS) is 17.8. The van der Waals surface area contributed by atoms with Crippen LogP contribution in [0.5, 0.6) is 5.75 Å². The number of methoxy groups -OCH3 is 1. The monoisotopic (exact) mass is 330 g/mol. The summed E-state index contributed by atoms with van der Waals surface area (Å²) in [7, 11) is -1.22. The Balaban J connectivity index is 1.93. The van der Waals surface area contributed by atoms with E-state index in [-0.39, 0.29) is 10.9 Å². The van der Waals surface area contributed by atoms with E-state index < -0.39 is 10.0 Å². The van der Waals surface area contributed by atoms with Gasteiger partial charge in [-0.3, -0.25) is 0 Å². The molecule has 0 unspecified atom stereocenters. The molecule has 0 amide bonds. The second kappa shape index (κ2) is 7.51. The van der Waals surface area contributed by atoms with Crippen molar-refractivity contribution < 1.29 is 13.2 Å². The Hall–Kier alpha value is -0.720. The van der Waals surface area contributed by atoms with Crippen LogP contribution in [0.1, 0.15) is 19.8 Å². The SMILES string of the molecule is CCCCS(=O)(=O)N1CC[S+](c2ccc(OC)cc2)CC1. The number of unbranched alkanes of at least 4 members (excludes halogenated alkanes) is 1. The van der Waals surface area contributed by atoms with Gasteiger partial charge in [0.1, 0.15) is 17.3 Å². The Morgan fingerprint density at radius 2 is 1.81 bits per heavy atom. The molecule has 1 fully saturated rings. The first-order chi connectivity index (χ1) is 10.1. The van der Waals surface area contributed by atoms with Crippen molar-refractivity contribution in [2.75, 3.05) is 37.5 Å². The summed E-state index contributed by atoms with van der Waals surface area (Å²) < 4.78 is 31.2. The molecular weight excluding hydrogens is 306 g/mol. The third-order valence-electron chi connectivity index (χ3n) is 3.72. The number of hydrogen-bond donors (Lipinski definition) is 0. The Bertz CT molecular complexity index is 535. The molecule has 21 heavy (non-hydrogen) atoms. The number of benzene rings is 1. The third-order valence-corrected chi connectivity index (χ3v) is 7.96. The van der Waals surface area contributed by atoms with Crippen LogP contribution >= 0.6 is 0 Å². The van der Waals surface area contributed by atoms with E-state index in [0.717, 1.165) is 30.1 Å². The molecule has 0 radical (unpaired) electrons. The molecule has 1 heterocycles. The van der Waals surface area contributed by atoms with Gasteiger partial charge in [-0.25, -0.2) is 8.42 Å². The summed E-state index contributed by atoms with van der Waals surface area (Å²) in [6, 6.07) is 8.16. The van der Waals surface area contributed by atoms with Crippen molar-refractivity contribution in [2.45, 2.75) is 24.7 Å². The summed E-state index contributed by atoms with van der Waals surface area (Å²) in [5.74, 6) is 3.01. The van der Waals surface area contributed by atoms with Crippen molar-refractivity contribution in [1.82, 2.24) is 4.31 Å². The van der Waals surface area contributed by atoms with Gasteiger partial charge in [-0.05, 0) is 30.7 Å². The first-order valence-corrected chi connectivity index (χ1v) is 10.5. The average Bonchev–Trinajstić information content (AvgIpc) is 2.53. The molecule has 0 atom stereocenters. The molecule has 1 aromatic carbocycles. The minimum Gasteiger partial charge on any atom is -0.497 e. The van der Waals surface area contributed by atoms with Gasteiger partial charge in [-0.2, -0.15) is 4.31 Å². The predicted octanol–water partition coefficient (Wildman–Crippen LogP) is 2.12. The lowest BCUT2D eigenvalue weighted by Gasteiger charge is -2.26. The van der Waals surface area contributed by atoms with Crippen LogP contribution in [0.25, 0.3) is 0 Å². The van der Waals surface area contributed by atoms with Crippen LogP contribution < -0.4 is 4.74 Å². The average molecular weight is 330 g/mol. The minimum absolute atomic E-state index is 0.159. The van der Waals surface area contributed by atoms with E-state index >= 15 is 0 Å². The molecule has 0 aromatic heterocycles. The zero-order valence-electron chi connectivity index (χ0n) is 12.7. The van der Waals surface area contributed by atoms with Crippen LogP contribution in [-0.4, -0.2) is 50.2 Å². The standard InChI is InChI=1S/C15H24NO3S2/c1-3-4-13-21(17,18)16-9-11-20(12-10-16)15-7-5-14(19-2)6-8-15/h5-8H,3-4,9-13H2,1-2H3/q+1. The highest BCUT2D eigenvalue weighted by Crippen LogP contribution is 2.22. The van der Waals surface area contributed by atoms with Crippen molar-refractivity contribution >= 4 is 20.9 Å². The van der Waals surface area contributed by atoms with E-state index in [2.05, 4.69) is 12.1 Å². The van der Waals surface area contributed by atoms with E-state index in [4.69, 9.17) is 4.74 Å². The van der Waals surface area contributed by atoms with E-state index in [1.54, 1.807) is 11.4 Å². The molecular formula is C15H24NO3S2+. The Labute approximate surface area is 130 Å². The van der Waals surface area contributed by atoms with E-state index in [0.29, 0.717) is 18.8 Å². The molecule has 1 aliphatic heterocycles. The highest BCUT2D eigenvalue weighted by molar-refractivity contribution is 7.97. The van der Waals surface area contributed by atoms with Crippen LogP contribution in [-0.2, 0) is 20.9 Å². The topological polar surface area (TPSA) is 46.6 Å². The fourth-order valence-electron chi connectivity index (χ4n) is 2.38. The molecule has 118 valence electrons. The van der Waals surface area contributed by atoms with Gasteiger partial charge in [-0.15, -0.1) is 0 Å².